The number of nitrogens with zero attached hydrogens (tertiary/aromatic N) is 3. The number of furan rings is 1. The lowest BCUT2D eigenvalue weighted by Gasteiger charge is -2.00. The Labute approximate surface area is 131 Å². The summed E-state index contributed by atoms with van der Waals surface area (Å²) in [6.07, 6.45) is 4.39. The molecule has 8 nitrogen and oxygen atoms in total. The van der Waals surface area contributed by atoms with Crippen molar-refractivity contribution in [3.8, 4) is 17.3 Å². The molecule has 0 radical (unpaired) electrons. The fourth-order valence-corrected chi connectivity index (χ4v) is 1.84. The van der Waals surface area contributed by atoms with Crippen molar-refractivity contribution in [2.45, 2.75) is 13.5 Å². The van der Waals surface area contributed by atoms with Crippen molar-refractivity contribution in [2.24, 2.45) is 0 Å². The number of amides is 1. The maximum atomic E-state index is 11.8. The van der Waals surface area contributed by atoms with E-state index in [1.165, 1.54) is 12.5 Å². The topological polar surface area (TPSA) is 103 Å². The molecular formula is C15H14N4O4. The molecule has 8 heteroatoms. The Morgan fingerprint density at radius 2 is 2.26 bits per heavy atom. The van der Waals surface area contributed by atoms with E-state index in [4.69, 9.17) is 13.7 Å². The Balaban J connectivity index is 1.62. The van der Waals surface area contributed by atoms with Gasteiger partial charge in [0.05, 0.1) is 25.0 Å². The third kappa shape index (κ3) is 3.54. The average molecular weight is 314 g/mol. The first kappa shape index (κ1) is 14.8. The number of pyridine rings is 1. The van der Waals surface area contributed by atoms with E-state index in [1.54, 1.807) is 24.4 Å². The van der Waals surface area contributed by atoms with Crippen LogP contribution in [0.25, 0.3) is 11.4 Å². The summed E-state index contributed by atoms with van der Waals surface area (Å²) in [6.45, 7) is 2.56. The summed E-state index contributed by atoms with van der Waals surface area (Å²) in [5.41, 5.74) is 1.13. The van der Waals surface area contributed by atoms with Gasteiger partial charge in [0, 0.05) is 17.8 Å². The van der Waals surface area contributed by atoms with Crippen LogP contribution >= 0.6 is 0 Å². The highest BCUT2D eigenvalue weighted by Crippen LogP contribution is 2.17. The van der Waals surface area contributed by atoms with Crippen molar-refractivity contribution in [1.82, 2.24) is 20.4 Å². The van der Waals surface area contributed by atoms with Gasteiger partial charge in [-0.15, -0.1) is 0 Å². The van der Waals surface area contributed by atoms with E-state index in [0.29, 0.717) is 35.3 Å². The summed E-state index contributed by atoms with van der Waals surface area (Å²) in [5, 5.41) is 6.53. The minimum atomic E-state index is -0.277. The molecule has 0 saturated carbocycles. The van der Waals surface area contributed by atoms with Gasteiger partial charge in [-0.3, -0.25) is 4.79 Å². The Hall–Kier alpha value is -3.16. The molecule has 0 aromatic carbocycles. The average Bonchev–Trinajstić information content (AvgIpc) is 3.25. The number of nitrogens with one attached hydrogen (secondary N) is 1. The summed E-state index contributed by atoms with van der Waals surface area (Å²) in [6, 6.07) is 5.09. The number of aromatic nitrogens is 3. The predicted molar refractivity (Wildman–Crippen MR) is 78.6 cm³/mol. The molecule has 0 bridgehead atoms. The molecule has 0 aliphatic heterocycles. The normalized spacial score (nSPS) is 10.5. The van der Waals surface area contributed by atoms with Crippen LogP contribution in [0.3, 0.4) is 0 Å². The van der Waals surface area contributed by atoms with Crippen LogP contribution < -0.4 is 10.1 Å². The fourth-order valence-electron chi connectivity index (χ4n) is 1.84. The molecule has 3 aromatic rings. The van der Waals surface area contributed by atoms with E-state index < -0.39 is 0 Å². The number of hydrogen-bond donors (Lipinski definition) is 1. The number of carbonyl (C=O) groups is 1. The quantitative estimate of drug-likeness (QED) is 0.742. The second-order valence-electron chi connectivity index (χ2n) is 4.52. The van der Waals surface area contributed by atoms with Gasteiger partial charge in [-0.25, -0.2) is 4.98 Å². The molecule has 3 rings (SSSR count). The summed E-state index contributed by atoms with van der Waals surface area (Å²) in [7, 11) is 0. The van der Waals surface area contributed by atoms with E-state index in [-0.39, 0.29) is 12.5 Å². The molecule has 3 aromatic heterocycles. The lowest BCUT2D eigenvalue weighted by molar-refractivity contribution is 0.0945. The lowest BCUT2D eigenvalue weighted by atomic mass is 10.3. The van der Waals surface area contributed by atoms with Crippen LogP contribution in [0.15, 0.2) is 45.9 Å². The zero-order valence-corrected chi connectivity index (χ0v) is 12.4. The highest BCUT2D eigenvalue weighted by Gasteiger charge is 2.12. The molecule has 1 N–H and O–H groups in total. The zero-order chi connectivity index (χ0) is 16.1. The molecule has 0 atom stereocenters. The van der Waals surface area contributed by atoms with Gasteiger partial charge < -0.3 is 19.0 Å². The standard InChI is InChI=1S/C15H14N4O4/c1-2-22-12-4-3-10(7-16-12)14-18-13(23-19-14)8-17-15(20)11-5-6-21-9-11/h3-7,9H,2,8H2,1H3,(H,17,20). The molecule has 0 unspecified atom stereocenters. The molecular weight excluding hydrogens is 300 g/mol. The first-order valence-corrected chi connectivity index (χ1v) is 6.98. The van der Waals surface area contributed by atoms with Crippen molar-refractivity contribution >= 4 is 5.91 Å². The van der Waals surface area contributed by atoms with Gasteiger partial charge in [0.15, 0.2) is 0 Å². The third-order valence-corrected chi connectivity index (χ3v) is 2.94. The van der Waals surface area contributed by atoms with Crippen molar-refractivity contribution in [2.75, 3.05) is 6.61 Å². The number of hydrogen-bond acceptors (Lipinski definition) is 7. The van der Waals surface area contributed by atoms with Crippen LogP contribution in [0.4, 0.5) is 0 Å². The largest absolute Gasteiger partial charge is 0.478 e. The van der Waals surface area contributed by atoms with Crippen molar-refractivity contribution in [1.29, 1.82) is 0 Å². The smallest absolute Gasteiger partial charge is 0.254 e. The van der Waals surface area contributed by atoms with Crippen molar-refractivity contribution in [3.63, 3.8) is 0 Å². The lowest BCUT2D eigenvalue weighted by Crippen LogP contribution is -2.22. The zero-order valence-electron chi connectivity index (χ0n) is 12.4. The first-order valence-electron chi connectivity index (χ1n) is 6.98. The first-order chi connectivity index (χ1) is 11.3. The van der Waals surface area contributed by atoms with E-state index in [1.807, 2.05) is 6.92 Å². The van der Waals surface area contributed by atoms with Gasteiger partial charge in [-0.05, 0) is 19.1 Å². The van der Waals surface area contributed by atoms with E-state index >= 15 is 0 Å². The van der Waals surface area contributed by atoms with Gasteiger partial charge in [0.1, 0.15) is 6.26 Å². The summed E-state index contributed by atoms with van der Waals surface area (Å²) >= 11 is 0. The number of carbonyl (C=O) groups excluding carboxylic acids is 1. The Kier molecular flexibility index (Phi) is 4.32. The maximum absolute atomic E-state index is 11.8. The molecule has 1 amide bonds. The molecule has 23 heavy (non-hydrogen) atoms. The minimum Gasteiger partial charge on any atom is -0.478 e. The summed E-state index contributed by atoms with van der Waals surface area (Å²) in [4.78, 5) is 20.1. The monoisotopic (exact) mass is 314 g/mol. The van der Waals surface area contributed by atoms with Gasteiger partial charge in [0.25, 0.3) is 5.91 Å². The molecule has 0 saturated heterocycles. The van der Waals surface area contributed by atoms with Crippen molar-refractivity contribution < 1.29 is 18.5 Å². The molecule has 0 aliphatic carbocycles. The van der Waals surface area contributed by atoms with E-state index in [0.717, 1.165) is 0 Å². The second kappa shape index (κ2) is 6.73. The van der Waals surface area contributed by atoms with E-state index in [9.17, 15) is 4.79 Å². The fraction of sp³-hybridized carbons (Fsp3) is 0.200. The van der Waals surface area contributed by atoms with Crippen molar-refractivity contribution in [3.05, 3.63) is 48.4 Å². The SMILES string of the molecule is CCOc1ccc(-c2noc(CNC(=O)c3ccoc3)n2)cn1. The van der Waals surface area contributed by atoms with Crippen LogP contribution in [0, 0.1) is 0 Å². The van der Waals surface area contributed by atoms with Gasteiger partial charge >= 0.3 is 0 Å². The highest BCUT2D eigenvalue weighted by molar-refractivity contribution is 5.93. The molecule has 0 spiro atoms. The molecule has 118 valence electrons. The van der Waals surface area contributed by atoms with Gasteiger partial charge in [0.2, 0.25) is 17.6 Å². The Morgan fingerprint density at radius 3 is 2.96 bits per heavy atom. The van der Waals surface area contributed by atoms with Gasteiger partial charge in [-0.2, -0.15) is 4.98 Å². The van der Waals surface area contributed by atoms with E-state index in [2.05, 4.69) is 20.4 Å². The Morgan fingerprint density at radius 1 is 1.35 bits per heavy atom. The molecule has 0 fully saturated rings. The number of ether oxygens (including phenoxy) is 1. The predicted octanol–water partition coefficient (Wildman–Crippen LogP) is 2.05. The maximum Gasteiger partial charge on any atom is 0.254 e. The van der Waals surface area contributed by atoms with Crippen LogP contribution in [0.2, 0.25) is 0 Å². The third-order valence-electron chi connectivity index (χ3n) is 2.94. The number of rotatable bonds is 6. The van der Waals surface area contributed by atoms with Crippen LogP contribution in [-0.2, 0) is 6.54 Å². The second-order valence-corrected chi connectivity index (χ2v) is 4.52. The molecule has 0 aliphatic rings. The summed E-state index contributed by atoms with van der Waals surface area (Å²) < 4.78 is 15.2. The molecule has 3 heterocycles. The Bertz CT molecular complexity index is 765. The summed E-state index contributed by atoms with van der Waals surface area (Å²) in [5.74, 6) is 0.951. The minimum absolute atomic E-state index is 0.126. The van der Waals surface area contributed by atoms with Crippen LogP contribution in [0.1, 0.15) is 23.2 Å². The van der Waals surface area contributed by atoms with Crippen LogP contribution in [0.5, 0.6) is 5.88 Å². The van der Waals surface area contributed by atoms with Crippen LogP contribution in [-0.4, -0.2) is 27.6 Å². The highest BCUT2D eigenvalue weighted by atomic mass is 16.5. The van der Waals surface area contributed by atoms with Gasteiger partial charge in [-0.1, -0.05) is 5.16 Å².